The zero-order valence-electron chi connectivity index (χ0n) is 10.5. The maximum atomic E-state index is 10.9. The normalized spacial score (nSPS) is 25.8. The molecular formula is C12H25N3O. The molecule has 0 aliphatic heterocycles. The summed E-state index contributed by atoms with van der Waals surface area (Å²) in [6.45, 7) is 6.59. The molecule has 1 aliphatic rings. The van der Waals surface area contributed by atoms with Gasteiger partial charge in [0.1, 0.15) is 0 Å². The van der Waals surface area contributed by atoms with Gasteiger partial charge in [-0.2, -0.15) is 0 Å². The van der Waals surface area contributed by atoms with E-state index in [1.54, 1.807) is 6.92 Å². The summed E-state index contributed by atoms with van der Waals surface area (Å²) in [5, 5.41) is 3.01. The van der Waals surface area contributed by atoms with Crippen LogP contribution < -0.4 is 11.1 Å². The van der Waals surface area contributed by atoms with Crippen LogP contribution in [-0.2, 0) is 4.79 Å². The molecule has 1 saturated carbocycles. The molecule has 0 atom stereocenters. The van der Waals surface area contributed by atoms with Crippen molar-refractivity contribution in [1.82, 2.24) is 10.2 Å². The van der Waals surface area contributed by atoms with Gasteiger partial charge < -0.3 is 11.1 Å². The fraction of sp³-hybridized carbons (Fsp3) is 0.917. The molecule has 0 radical (unpaired) electrons. The highest BCUT2D eigenvalue weighted by Gasteiger charge is 2.24. The SMILES string of the molecule is CCN(CCN)C1CCC(NC(C)=O)CC1. The van der Waals surface area contributed by atoms with Crippen LogP contribution in [0.1, 0.15) is 39.5 Å². The van der Waals surface area contributed by atoms with Crippen LogP contribution in [0.4, 0.5) is 0 Å². The van der Waals surface area contributed by atoms with Crippen molar-refractivity contribution in [3.05, 3.63) is 0 Å². The van der Waals surface area contributed by atoms with Crippen LogP contribution >= 0.6 is 0 Å². The van der Waals surface area contributed by atoms with E-state index in [1.165, 1.54) is 12.8 Å². The van der Waals surface area contributed by atoms with Crippen molar-refractivity contribution in [3.8, 4) is 0 Å². The Labute approximate surface area is 98.6 Å². The van der Waals surface area contributed by atoms with Crippen molar-refractivity contribution in [1.29, 1.82) is 0 Å². The summed E-state index contributed by atoms with van der Waals surface area (Å²) >= 11 is 0. The quantitative estimate of drug-likeness (QED) is 0.727. The van der Waals surface area contributed by atoms with Crippen molar-refractivity contribution >= 4 is 5.91 Å². The average Bonchev–Trinajstić information content (AvgIpc) is 2.26. The van der Waals surface area contributed by atoms with Crippen molar-refractivity contribution in [2.75, 3.05) is 19.6 Å². The molecule has 1 aliphatic carbocycles. The first-order valence-corrected chi connectivity index (χ1v) is 6.38. The van der Waals surface area contributed by atoms with E-state index in [1.807, 2.05) is 0 Å². The smallest absolute Gasteiger partial charge is 0.217 e. The largest absolute Gasteiger partial charge is 0.354 e. The summed E-state index contributed by atoms with van der Waals surface area (Å²) in [4.78, 5) is 13.4. The van der Waals surface area contributed by atoms with E-state index >= 15 is 0 Å². The first-order valence-electron chi connectivity index (χ1n) is 6.38. The van der Waals surface area contributed by atoms with Gasteiger partial charge in [-0.3, -0.25) is 9.69 Å². The van der Waals surface area contributed by atoms with Crippen molar-refractivity contribution in [3.63, 3.8) is 0 Å². The Balaban J connectivity index is 2.32. The van der Waals surface area contributed by atoms with E-state index in [0.717, 1.165) is 32.5 Å². The number of carbonyl (C=O) groups is 1. The maximum Gasteiger partial charge on any atom is 0.217 e. The summed E-state index contributed by atoms with van der Waals surface area (Å²) < 4.78 is 0. The molecule has 0 spiro atoms. The standard InChI is InChI=1S/C12H25N3O/c1-3-15(9-8-13)12-6-4-11(5-7-12)14-10(2)16/h11-12H,3-9,13H2,1-2H3,(H,14,16). The monoisotopic (exact) mass is 227 g/mol. The first kappa shape index (κ1) is 13.5. The molecule has 0 unspecified atom stereocenters. The predicted molar refractivity (Wildman–Crippen MR) is 66.2 cm³/mol. The van der Waals surface area contributed by atoms with Gasteiger partial charge >= 0.3 is 0 Å². The van der Waals surface area contributed by atoms with E-state index in [0.29, 0.717) is 12.1 Å². The maximum absolute atomic E-state index is 10.9. The van der Waals surface area contributed by atoms with E-state index in [2.05, 4.69) is 17.1 Å². The second-order valence-corrected chi connectivity index (χ2v) is 4.62. The highest BCUT2D eigenvalue weighted by Crippen LogP contribution is 2.22. The topological polar surface area (TPSA) is 58.4 Å². The van der Waals surface area contributed by atoms with Crippen LogP contribution in [0.25, 0.3) is 0 Å². The predicted octanol–water partition coefficient (Wildman–Crippen LogP) is 0.714. The molecule has 4 nitrogen and oxygen atoms in total. The zero-order valence-corrected chi connectivity index (χ0v) is 10.5. The third-order valence-electron chi connectivity index (χ3n) is 3.44. The van der Waals surface area contributed by atoms with E-state index in [4.69, 9.17) is 5.73 Å². The fourth-order valence-corrected chi connectivity index (χ4v) is 2.64. The van der Waals surface area contributed by atoms with Crippen LogP contribution in [0.3, 0.4) is 0 Å². The average molecular weight is 227 g/mol. The second-order valence-electron chi connectivity index (χ2n) is 4.62. The van der Waals surface area contributed by atoms with E-state index in [9.17, 15) is 4.79 Å². The van der Waals surface area contributed by atoms with Crippen molar-refractivity contribution in [2.45, 2.75) is 51.6 Å². The lowest BCUT2D eigenvalue weighted by atomic mass is 9.90. The minimum Gasteiger partial charge on any atom is -0.354 e. The molecule has 0 aromatic rings. The number of nitrogens with two attached hydrogens (primary N) is 1. The summed E-state index contributed by atoms with van der Waals surface area (Å²) in [6, 6.07) is 1.06. The Hall–Kier alpha value is -0.610. The number of carbonyl (C=O) groups excluding carboxylic acids is 1. The number of amides is 1. The molecule has 0 saturated heterocycles. The fourth-order valence-electron chi connectivity index (χ4n) is 2.64. The molecule has 94 valence electrons. The zero-order chi connectivity index (χ0) is 12.0. The van der Waals surface area contributed by atoms with Crippen molar-refractivity contribution in [2.24, 2.45) is 5.73 Å². The van der Waals surface area contributed by atoms with Gasteiger partial charge in [-0.05, 0) is 32.2 Å². The van der Waals surface area contributed by atoms with Gasteiger partial charge in [-0.15, -0.1) is 0 Å². The number of rotatable bonds is 5. The molecule has 0 aromatic carbocycles. The van der Waals surface area contributed by atoms with Crippen LogP contribution in [0, 0.1) is 0 Å². The second kappa shape index (κ2) is 6.86. The molecule has 0 heterocycles. The van der Waals surface area contributed by atoms with Crippen molar-refractivity contribution < 1.29 is 4.79 Å². The Morgan fingerprint density at radius 3 is 2.44 bits per heavy atom. The van der Waals surface area contributed by atoms with Gasteiger partial charge in [0.05, 0.1) is 0 Å². The molecular weight excluding hydrogens is 202 g/mol. The molecule has 0 aromatic heterocycles. The Bertz CT molecular complexity index is 212. The first-order chi connectivity index (χ1) is 7.67. The number of likely N-dealkylation sites (N-methyl/N-ethyl adjacent to an activating group) is 1. The van der Waals surface area contributed by atoms with Gasteiger partial charge in [-0.25, -0.2) is 0 Å². The lowest BCUT2D eigenvalue weighted by Gasteiger charge is -2.36. The molecule has 1 fully saturated rings. The van der Waals surface area contributed by atoms with Crippen LogP contribution in [-0.4, -0.2) is 42.5 Å². The van der Waals surface area contributed by atoms with E-state index in [-0.39, 0.29) is 5.91 Å². The number of nitrogens with zero attached hydrogens (tertiary/aromatic N) is 1. The third kappa shape index (κ3) is 4.10. The summed E-state index contributed by atoms with van der Waals surface area (Å²) in [7, 11) is 0. The molecule has 1 rings (SSSR count). The Kier molecular flexibility index (Phi) is 5.77. The van der Waals surface area contributed by atoms with Gasteiger partial charge in [0, 0.05) is 32.1 Å². The summed E-state index contributed by atoms with van der Waals surface area (Å²) in [5.41, 5.74) is 5.61. The molecule has 3 N–H and O–H groups in total. The lowest BCUT2D eigenvalue weighted by molar-refractivity contribution is -0.119. The van der Waals surface area contributed by atoms with Crippen LogP contribution in [0.5, 0.6) is 0 Å². The van der Waals surface area contributed by atoms with Gasteiger partial charge in [0.2, 0.25) is 5.91 Å². The highest BCUT2D eigenvalue weighted by molar-refractivity contribution is 5.73. The van der Waals surface area contributed by atoms with E-state index < -0.39 is 0 Å². The lowest BCUT2D eigenvalue weighted by Crippen LogP contribution is -2.44. The van der Waals surface area contributed by atoms with Crippen LogP contribution in [0.15, 0.2) is 0 Å². The number of nitrogens with one attached hydrogen (secondary N) is 1. The molecule has 4 heteroatoms. The van der Waals surface area contributed by atoms with Gasteiger partial charge in [0.25, 0.3) is 0 Å². The summed E-state index contributed by atoms with van der Waals surface area (Å²) in [5.74, 6) is 0.0951. The molecule has 16 heavy (non-hydrogen) atoms. The molecule has 0 bridgehead atoms. The number of hydrogen-bond donors (Lipinski definition) is 2. The minimum absolute atomic E-state index is 0.0951. The van der Waals surface area contributed by atoms with Gasteiger partial charge in [0.15, 0.2) is 0 Å². The Morgan fingerprint density at radius 2 is 2.00 bits per heavy atom. The molecule has 1 amide bonds. The van der Waals surface area contributed by atoms with Crippen LogP contribution in [0.2, 0.25) is 0 Å². The Morgan fingerprint density at radius 1 is 1.38 bits per heavy atom. The van der Waals surface area contributed by atoms with Gasteiger partial charge in [-0.1, -0.05) is 6.92 Å². The highest BCUT2D eigenvalue weighted by atomic mass is 16.1. The number of hydrogen-bond acceptors (Lipinski definition) is 3. The minimum atomic E-state index is 0.0951. The third-order valence-corrected chi connectivity index (χ3v) is 3.44. The summed E-state index contributed by atoms with van der Waals surface area (Å²) in [6.07, 6.45) is 4.56.